The molecule has 1 heterocycles. The summed E-state index contributed by atoms with van der Waals surface area (Å²) >= 11 is 1.66. The molecule has 0 N–H and O–H groups in total. The van der Waals surface area contributed by atoms with Crippen LogP contribution < -0.4 is 0 Å². The molecule has 0 amide bonds. The van der Waals surface area contributed by atoms with Crippen molar-refractivity contribution in [1.82, 2.24) is 10.2 Å². The van der Waals surface area contributed by atoms with Gasteiger partial charge in [-0.1, -0.05) is 53.7 Å². The van der Waals surface area contributed by atoms with Gasteiger partial charge in [-0.2, -0.15) is 5.10 Å². The lowest BCUT2D eigenvalue weighted by molar-refractivity contribution is 0.923. The molecule has 0 aliphatic rings. The Morgan fingerprint density at radius 2 is 1.47 bits per heavy atom. The number of hydrogen-bond acceptors (Lipinski definition) is 3. The number of hydrogen-bond donors (Lipinski definition) is 0. The highest BCUT2D eigenvalue weighted by molar-refractivity contribution is 7.99. The summed E-state index contributed by atoms with van der Waals surface area (Å²) in [5, 5.41) is 11.9. The lowest BCUT2D eigenvalue weighted by Crippen LogP contribution is -1.92. The van der Waals surface area contributed by atoms with Crippen LogP contribution in [0.15, 0.2) is 58.5 Å². The number of nitrogens with zero attached hydrogens (tertiary/aromatic N) is 2. The Balaban J connectivity index is 2.06. The number of aryl methyl sites for hydroxylation is 2. The van der Waals surface area contributed by atoms with Crippen LogP contribution >= 0.6 is 11.8 Å². The molecule has 0 atom stereocenters. The van der Waals surface area contributed by atoms with E-state index in [4.69, 9.17) is 0 Å². The van der Waals surface area contributed by atoms with E-state index in [0.717, 1.165) is 10.7 Å². The van der Waals surface area contributed by atoms with E-state index in [2.05, 4.69) is 53.5 Å². The third-order valence-electron chi connectivity index (χ3n) is 3.07. The molecule has 2 nitrogen and oxygen atoms in total. The highest BCUT2D eigenvalue weighted by atomic mass is 32.2. The van der Waals surface area contributed by atoms with E-state index in [1.54, 1.807) is 11.8 Å². The second-order valence-corrected chi connectivity index (χ2v) is 5.61. The summed E-state index contributed by atoms with van der Waals surface area (Å²) in [5.74, 6) is 0. The first-order valence-corrected chi connectivity index (χ1v) is 7.02. The van der Waals surface area contributed by atoms with Crippen molar-refractivity contribution in [3.63, 3.8) is 0 Å². The zero-order chi connectivity index (χ0) is 13.2. The highest BCUT2D eigenvalue weighted by Gasteiger charge is 2.07. The van der Waals surface area contributed by atoms with Gasteiger partial charge < -0.3 is 0 Å². The van der Waals surface area contributed by atoms with E-state index in [1.165, 1.54) is 21.2 Å². The Morgan fingerprint density at radius 1 is 0.789 bits per heavy atom. The van der Waals surface area contributed by atoms with Crippen molar-refractivity contribution < 1.29 is 0 Å². The largest absolute Gasteiger partial charge is 0.154 e. The first-order valence-electron chi connectivity index (χ1n) is 6.20. The Labute approximate surface area is 116 Å². The van der Waals surface area contributed by atoms with Gasteiger partial charge in [-0.15, -0.1) is 5.10 Å². The van der Waals surface area contributed by atoms with Crippen LogP contribution in [0.4, 0.5) is 0 Å². The van der Waals surface area contributed by atoms with E-state index in [0.29, 0.717) is 0 Å². The fourth-order valence-electron chi connectivity index (χ4n) is 2.01. The average Bonchev–Trinajstić information content (AvgIpc) is 2.45. The third-order valence-corrected chi connectivity index (χ3v) is 4.08. The van der Waals surface area contributed by atoms with Crippen LogP contribution in [0.2, 0.25) is 0 Å². The topological polar surface area (TPSA) is 25.8 Å². The van der Waals surface area contributed by atoms with Gasteiger partial charge in [0.1, 0.15) is 5.03 Å². The molecule has 2 aromatic carbocycles. The molecule has 0 aliphatic heterocycles. The standard InChI is InChI=1S/C16H14N2S/c1-11-7-9-13(10-8-11)19-16-15-6-4-3-5-14(15)12(2)17-18-16/h3-10H,1-2H3. The van der Waals surface area contributed by atoms with Crippen LogP contribution in [0, 0.1) is 13.8 Å². The van der Waals surface area contributed by atoms with Gasteiger partial charge >= 0.3 is 0 Å². The van der Waals surface area contributed by atoms with E-state index in [-0.39, 0.29) is 0 Å². The second kappa shape index (κ2) is 5.02. The molecule has 0 saturated heterocycles. The van der Waals surface area contributed by atoms with Crippen LogP contribution in [0.5, 0.6) is 0 Å². The number of aromatic nitrogens is 2. The van der Waals surface area contributed by atoms with E-state index < -0.39 is 0 Å². The fourth-order valence-corrected chi connectivity index (χ4v) is 2.87. The van der Waals surface area contributed by atoms with Gasteiger partial charge in [-0.25, -0.2) is 0 Å². The predicted octanol–water partition coefficient (Wildman–Crippen LogP) is 4.40. The minimum atomic E-state index is 0.963. The van der Waals surface area contributed by atoms with Gasteiger partial charge in [-0.05, 0) is 26.0 Å². The van der Waals surface area contributed by atoms with E-state index >= 15 is 0 Å². The predicted molar refractivity (Wildman–Crippen MR) is 79.6 cm³/mol. The molecule has 3 rings (SSSR count). The molecule has 0 saturated carbocycles. The van der Waals surface area contributed by atoms with Crippen molar-refractivity contribution in [3.05, 3.63) is 59.8 Å². The molecule has 0 radical (unpaired) electrons. The number of fused-ring (bicyclic) bond motifs is 1. The Morgan fingerprint density at radius 3 is 2.21 bits per heavy atom. The zero-order valence-electron chi connectivity index (χ0n) is 10.9. The maximum Gasteiger partial charge on any atom is 0.131 e. The van der Waals surface area contributed by atoms with Gasteiger partial charge in [-0.3, -0.25) is 0 Å². The van der Waals surface area contributed by atoms with Crippen LogP contribution in [-0.2, 0) is 0 Å². The van der Waals surface area contributed by atoms with Gasteiger partial charge in [0.05, 0.1) is 5.69 Å². The van der Waals surface area contributed by atoms with E-state index in [1.807, 2.05) is 19.1 Å². The molecule has 1 aromatic heterocycles. The summed E-state index contributed by atoms with van der Waals surface area (Å²) in [5.41, 5.74) is 2.24. The zero-order valence-corrected chi connectivity index (χ0v) is 11.7. The Kier molecular flexibility index (Phi) is 3.22. The van der Waals surface area contributed by atoms with Crippen LogP contribution in [0.25, 0.3) is 10.8 Å². The molecule has 0 bridgehead atoms. The van der Waals surface area contributed by atoms with Gasteiger partial charge in [0, 0.05) is 15.7 Å². The average molecular weight is 266 g/mol. The van der Waals surface area contributed by atoms with E-state index in [9.17, 15) is 0 Å². The number of benzene rings is 2. The van der Waals surface area contributed by atoms with Gasteiger partial charge in [0.25, 0.3) is 0 Å². The first-order chi connectivity index (χ1) is 9.24. The lowest BCUT2D eigenvalue weighted by atomic mass is 10.1. The van der Waals surface area contributed by atoms with Crippen molar-refractivity contribution >= 4 is 22.5 Å². The quantitative estimate of drug-likeness (QED) is 0.687. The molecule has 94 valence electrons. The minimum Gasteiger partial charge on any atom is -0.154 e. The molecule has 19 heavy (non-hydrogen) atoms. The summed E-state index contributed by atoms with van der Waals surface area (Å²) in [6, 6.07) is 16.8. The van der Waals surface area contributed by atoms with Gasteiger partial charge in [0.2, 0.25) is 0 Å². The molecule has 3 aromatic rings. The molecule has 0 spiro atoms. The third kappa shape index (κ3) is 2.47. The SMILES string of the molecule is Cc1ccc(Sc2nnc(C)c3ccccc23)cc1. The lowest BCUT2D eigenvalue weighted by Gasteiger charge is -2.06. The summed E-state index contributed by atoms with van der Waals surface area (Å²) in [6.07, 6.45) is 0. The second-order valence-electron chi connectivity index (χ2n) is 4.55. The molecular weight excluding hydrogens is 252 g/mol. The Hall–Kier alpha value is -1.87. The van der Waals surface area contributed by atoms with Crippen molar-refractivity contribution in [3.8, 4) is 0 Å². The molecule has 0 fully saturated rings. The maximum atomic E-state index is 4.34. The summed E-state index contributed by atoms with van der Waals surface area (Å²) in [7, 11) is 0. The summed E-state index contributed by atoms with van der Waals surface area (Å²) < 4.78 is 0. The molecule has 3 heteroatoms. The van der Waals surface area contributed by atoms with Crippen LogP contribution in [0.1, 0.15) is 11.3 Å². The van der Waals surface area contributed by atoms with Crippen LogP contribution in [0.3, 0.4) is 0 Å². The van der Waals surface area contributed by atoms with Crippen molar-refractivity contribution in [2.24, 2.45) is 0 Å². The van der Waals surface area contributed by atoms with Crippen molar-refractivity contribution in [1.29, 1.82) is 0 Å². The highest BCUT2D eigenvalue weighted by Crippen LogP contribution is 2.32. The minimum absolute atomic E-state index is 0.963. The number of rotatable bonds is 2. The molecule has 0 unspecified atom stereocenters. The fraction of sp³-hybridized carbons (Fsp3) is 0.125. The molecule has 0 aliphatic carbocycles. The first kappa shape index (κ1) is 12.2. The smallest absolute Gasteiger partial charge is 0.131 e. The van der Waals surface area contributed by atoms with Crippen molar-refractivity contribution in [2.45, 2.75) is 23.8 Å². The normalized spacial score (nSPS) is 10.8. The Bertz CT molecular complexity index is 720. The van der Waals surface area contributed by atoms with Crippen molar-refractivity contribution in [2.75, 3.05) is 0 Å². The van der Waals surface area contributed by atoms with Crippen LogP contribution in [-0.4, -0.2) is 10.2 Å². The summed E-state index contributed by atoms with van der Waals surface area (Å²) in [6.45, 7) is 4.09. The molecular formula is C16H14N2S. The maximum absolute atomic E-state index is 4.34. The monoisotopic (exact) mass is 266 g/mol. The summed E-state index contributed by atoms with van der Waals surface area (Å²) in [4.78, 5) is 1.19. The van der Waals surface area contributed by atoms with Gasteiger partial charge in [0.15, 0.2) is 0 Å².